The van der Waals surface area contributed by atoms with Gasteiger partial charge < -0.3 is 10.0 Å². The minimum absolute atomic E-state index is 0.00630. The summed E-state index contributed by atoms with van der Waals surface area (Å²) in [5.74, 6) is -0.0953. The van der Waals surface area contributed by atoms with Crippen molar-refractivity contribution in [2.45, 2.75) is 25.6 Å². The molecule has 1 N–H and O–H groups in total. The lowest BCUT2D eigenvalue weighted by molar-refractivity contribution is -0.137. The maximum absolute atomic E-state index is 12.8. The highest BCUT2D eigenvalue weighted by Gasteiger charge is 2.47. The van der Waals surface area contributed by atoms with Crippen molar-refractivity contribution in [2.24, 2.45) is 5.92 Å². The third kappa shape index (κ3) is 2.16. The van der Waals surface area contributed by atoms with Gasteiger partial charge in [0.15, 0.2) is 0 Å². The van der Waals surface area contributed by atoms with E-state index in [0.717, 1.165) is 6.07 Å². The van der Waals surface area contributed by atoms with Gasteiger partial charge in [0.05, 0.1) is 18.7 Å². The molecule has 0 amide bonds. The van der Waals surface area contributed by atoms with Crippen LogP contribution in [0.4, 0.5) is 19.0 Å². The van der Waals surface area contributed by atoms with Crippen LogP contribution in [0.15, 0.2) is 18.3 Å². The first kappa shape index (κ1) is 13.1. The monoisotopic (exact) mass is 260 g/mol. The lowest BCUT2D eigenvalue weighted by Gasteiger charge is -2.50. The minimum atomic E-state index is -4.42. The van der Waals surface area contributed by atoms with Crippen LogP contribution in [-0.4, -0.2) is 28.8 Å². The van der Waals surface area contributed by atoms with E-state index in [9.17, 15) is 18.3 Å². The molecule has 1 aliphatic rings. The zero-order chi connectivity index (χ0) is 13.6. The molecule has 0 saturated carbocycles. The average Bonchev–Trinajstić information content (AvgIpc) is 2.23. The van der Waals surface area contributed by atoms with Crippen molar-refractivity contribution < 1.29 is 18.3 Å². The van der Waals surface area contributed by atoms with Crippen molar-refractivity contribution in [3.63, 3.8) is 0 Å². The summed E-state index contributed by atoms with van der Waals surface area (Å²) in [7, 11) is 0. The largest absolute Gasteiger partial charge is 0.419 e. The molecular formula is C12H15F3N2O. The Morgan fingerprint density at radius 3 is 2.50 bits per heavy atom. The van der Waals surface area contributed by atoms with Crippen LogP contribution in [0.5, 0.6) is 0 Å². The number of anilines is 1. The molecule has 2 heterocycles. The Hall–Kier alpha value is -1.30. The molecule has 0 radical (unpaired) electrons. The fourth-order valence-corrected chi connectivity index (χ4v) is 2.00. The Labute approximate surface area is 103 Å². The summed E-state index contributed by atoms with van der Waals surface area (Å²) >= 11 is 0. The van der Waals surface area contributed by atoms with E-state index < -0.39 is 17.3 Å². The van der Waals surface area contributed by atoms with Crippen LogP contribution in [0.1, 0.15) is 19.4 Å². The zero-order valence-corrected chi connectivity index (χ0v) is 10.2. The lowest BCUT2D eigenvalue weighted by Crippen LogP contribution is -2.65. The number of alkyl halides is 3. The number of rotatable bonds is 2. The van der Waals surface area contributed by atoms with E-state index in [1.165, 1.54) is 17.2 Å². The van der Waals surface area contributed by atoms with Gasteiger partial charge in [-0.15, -0.1) is 0 Å². The van der Waals surface area contributed by atoms with Crippen molar-refractivity contribution in [1.82, 2.24) is 4.98 Å². The molecule has 2 rings (SSSR count). The first-order chi connectivity index (χ1) is 8.24. The van der Waals surface area contributed by atoms with E-state index in [-0.39, 0.29) is 24.8 Å². The van der Waals surface area contributed by atoms with Crippen LogP contribution in [-0.2, 0) is 6.18 Å². The average molecular weight is 260 g/mol. The van der Waals surface area contributed by atoms with E-state index >= 15 is 0 Å². The molecule has 6 heteroatoms. The second-order valence-electron chi connectivity index (χ2n) is 4.99. The number of β-amino-alcohol motifs (C(OH)–C–C–N with tert-alkyl or cyclic N) is 1. The molecular weight excluding hydrogens is 245 g/mol. The molecule has 0 aliphatic carbocycles. The van der Waals surface area contributed by atoms with Crippen LogP contribution in [0.25, 0.3) is 0 Å². The van der Waals surface area contributed by atoms with E-state index in [1.54, 1.807) is 0 Å². The standard InChI is InChI=1S/C12H15F3N2O/c1-8(2)11(18)6-17(7-11)10-9(12(13,14)15)4-3-5-16-10/h3-5,8,18H,6-7H2,1-2H3. The molecule has 1 aliphatic heterocycles. The van der Waals surface area contributed by atoms with E-state index in [4.69, 9.17) is 0 Å². The van der Waals surface area contributed by atoms with Gasteiger partial charge in [-0.1, -0.05) is 13.8 Å². The van der Waals surface area contributed by atoms with Gasteiger partial charge in [0.25, 0.3) is 0 Å². The molecule has 3 nitrogen and oxygen atoms in total. The maximum Gasteiger partial charge on any atom is 0.419 e. The van der Waals surface area contributed by atoms with Crippen molar-refractivity contribution in [2.75, 3.05) is 18.0 Å². The van der Waals surface area contributed by atoms with Gasteiger partial charge >= 0.3 is 6.18 Å². The Bertz CT molecular complexity index is 439. The van der Waals surface area contributed by atoms with Gasteiger partial charge in [-0.3, -0.25) is 0 Å². The molecule has 0 aromatic carbocycles. The van der Waals surface area contributed by atoms with Gasteiger partial charge in [-0.2, -0.15) is 13.2 Å². The van der Waals surface area contributed by atoms with Gasteiger partial charge in [-0.05, 0) is 18.1 Å². The first-order valence-corrected chi connectivity index (χ1v) is 5.73. The van der Waals surface area contributed by atoms with Crippen molar-refractivity contribution in [1.29, 1.82) is 0 Å². The number of aliphatic hydroxyl groups is 1. The molecule has 18 heavy (non-hydrogen) atoms. The number of aromatic nitrogens is 1. The summed E-state index contributed by atoms with van der Waals surface area (Å²) in [5.41, 5.74) is -1.67. The van der Waals surface area contributed by atoms with Crippen molar-refractivity contribution in [3.05, 3.63) is 23.9 Å². The molecule has 1 saturated heterocycles. The smallest absolute Gasteiger partial charge is 0.386 e. The van der Waals surface area contributed by atoms with Crippen molar-refractivity contribution >= 4 is 5.82 Å². The number of hydrogen-bond donors (Lipinski definition) is 1. The third-order valence-electron chi connectivity index (χ3n) is 3.40. The fourth-order valence-electron chi connectivity index (χ4n) is 2.00. The molecule has 0 unspecified atom stereocenters. The van der Waals surface area contributed by atoms with Gasteiger partial charge in [0, 0.05) is 6.20 Å². The second-order valence-corrected chi connectivity index (χ2v) is 4.99. The number of halogens is 3. The maximum atomic E-state index is 12.8. The highest BCUT2D eigenvalue weighted by atomic mass is 19.4. The highest BCUT2D eigenvalue weighted by molar-refractivity contribution is 5.52. The lowest BCUT2D eigenvalue weighted by atomic mass is 9.83. The summed E-state index contributed by atoms with van der Waals surface area (Å²) in [4.78, 5) is 5.25. The predicted molar refractivity (Wildman–Crippen MR) is 61.2 cm³/mol. The Morgan fingerprint density at radius 1 is 1.39 bits per heavy atom. The van der Waals surface area contributed by atoms with E-state index in [1.807, 2.05) is 13.8 Å². The molecule has 1 aromatic rings. The topological polar surface area (TPSA) is 36.4 Å². The van der Waals surface area contributed by atoms with Gasteiger partial charge in [-0.25, -0.2) is 4.98 Å². The number of hydrogen-bond acceptors (Lipinski definition) is 3. The quantitative estimate of drug-likeness (QED) is 0.886. The van der Waals surface area contributed by atoms with E-state index in [2.05, 4.69) is 4.98 Å². The van der Waals surface area contributed by atoms with E-state index in [0.29, 0.717) is 0 Å². The highest BCUT2D eigenvalue weighted by Crippen LogP contribution is 2.39. The SMILES string of the molecule is CC(C)C1(O)CN(c2ncccc2C(F)(F)F)C1. The summed E-state index contributed by atoms with van der Waals surface area (Å²) < 4.78 is 38.4. The summed E-state index contributed by atoms with van der Waals surface area (Å²) in [6.45, 7) is 4.07. The predicted octanol–water partition coefficient (Wildman–Crippen LogP) is 2.31. The van der Waals surface area contributed by atoms with Crippen LogP contribution in [0.3, 0.4) is 0 Å². The summed E-state index contributed by atoms with van der Waals surface area (Å²) in [6.07, 6.45) is -3.09. The zero-order valence-electron chi connectivity index (χ0n) is 10.2. The minimum Gasteiger partial charge on any atom is -0.386 e. The second kappa shape index (κ2) is 4.12. The Balaban J connectivity index is 2.23. The third-order valence-corrected chi connectivity index (χ3v) is 3.40. The molecule has 1 aromatic heterocycles. The first-order valence-electron chi connectivity index (χ1n) is 5.73. The van der Waals surface area contributed by atoms with Crippen LogP contribution < -0.4 is 4.90 Å². The molecule has 0 spiro atoms. The Kier molecular flexibility index (Phi) is 3.01. The fraction of sp³-hybridized carbons (Fsp3) is 0.583. The molecule has 100 valence electrons. The number of nitrogens with zero attached hydrogens (tertiary/aromatic N) is 2. The Morgan fingerprint density at radius 2 is 2.00 bits per heavy atom. The van der Waals surface area contributed by atoms with Gasteiger partial charge in [0.2, 0.25) is 0 Å². The number of pyridine rings is 1. The summed E-state index contributed by atoms with van der Waals surface area (Å²) in [6, 6.07) is 2.27. The molecule has 1 fully saturated rings. The molecule has 0 bridgehead atoms. The van der Waals surface area contributed by atoms with Crippen LogP contribution in [0, 0.1) is 5.92 Å². The molecule has 0 atom stereocenters. The summed E-state index contributed by atoms with van der Waals surface area (Å²) in [5, 5.41) is 10.1. The van der Waals surface area contributed by atoms with Crippen LogP contribution >= 0.6 is 0 Å². The normalized spacial score (nSPS) is 18.9. The van der Waals surface area contributed by atoms with Crippen LogP contribution in [0.2, 0.25) is 0 Å². The van der Waals surface area contributed by atoms with Crippen molar-refractivity contribution in [3.8, 4) is 0 Å². The van der Waals surface area contributed by atoms with Gasteiger partial charge in [0.1, 0.15) is 11.4 Å².